The summed E-state index contributed by atoms with van der Waals surface area (Å²) in [5, 5.41) is 24.6. The summed E-state index contributed by atoms with van der Waals surface area (Å²) in [5.74, 6) is -0.739. The number of hydrogen-bond acceptors (Lipinski definition) is 7. The summed E-state index contributed by atoms with van der Waals surface area (Å²) in [7, 11) is 1.17. The highest BCUT2D eigenvalue weighted by atomic mass is 16.6. The molecule has 0 aliphatic carbocycles. The van der Waals surface area contributed by atoms with Gasteiger partial charge in [-0.05, 0) is 17.7 Å². The molecule has 9 nitrogen and oxygen atoms in total. The first-order valence-electron chi connectivity index (χ1n) is 6.97. The standard InChI is InChI=1S/C16H13N3O6/c1-25-16(20)14(9-11-5-3-2-4-6-11)17-13-8-7-12(18(21)22)10-15(13)19(23)24/h2-10,17H,1H3. The summed E-state index contributed by atoms with van der Waals surface area (Å²) in [6, 6.07) is 11.9. The maximum atomic E-state index is 11.9. The van der Waals surface area contributed by atoms with Gasteiger partial charge in [0.15, 0.2) is 0 Å². The molecule has 128 valence electrons. The van der Waals surface area contributed by atoms with Gasteiger partial charge in [0.25, 0.3) is 11.4 Å². The van der Waals surface area contributed by atoms with Crippen molar-refractivity contribution >= 4 is 29.1 Å². The predicted molar refractivity (Wildman–Crippen MR) is 89.8 cm³/mol. The van der Waals surface area contributed by atoms with Crippen molar-refractivity contribution in [1.29, 1.82) is 0 Å². The largest absolute Gasteiger partial charge is 0.464 e. The van der Waals surface area contributed by atoms with E-state index in [4.69, 9.17) is 0 Å². The predicted octanol–water partition coefficient (Wildman–Crippen LogP) is 3.13. The minimum Gasteiger partial charge on any atom is -0.464 e. The van der Waals surface area contributed by atoms with Crippen LogP contribution >= 0.6 is 0 Å². The first-order chi connectivity index (χ1) is 11.9. The summed E-state index contributed by atoms with van der Waals surface area (Å²) in [6.45, 7) is 0. The molecule has 0 saturated heterocycles. The zero-order chi connectivity index (χ0) is 18.4. The van der Waals surface area contributed by atoms with Crippen LogP contribution < -0.4 is 5.32 Å². The van der Waals surface area contributed by atoms with Crippen molar-refractivity contribution in [1.82, 2.24) is 0 Å². The molecule has 2 rings (SSSR count). The van der Waals surface area contributed by atoms with Gasteiger partial charge in [0.05, 0.1) is 23.0 Å². The topological polar surface area (TPSA) is 125 Å². The number of carbonyl (C=O) groups excluding carboxylic acids is 1. The molecule has 0 unspecified atom stereocenters. The lowest BCUT2D eigenvalue weighted by Crippen LogP contribution is -2.14. The molecular formula is C16H13N3O6. The van der Waals surface area contributed by atoms with Crippen LogP contribution in [0.25, 0.3) is 6.08 Å². The molecule has 0 radical (unpaired) electrons. The molecule has 2 aromatic carbocycles. The Kier molecular flexibility index (Phi) is 5.41. The van der Waals surface area contributed by atoms with Crippen molar-refractivity contribution < 1.29 is 19.4 Å². The van der Waals surface area contributed by atoms with E-state index in [1.54, 1.807) is 30.3 Å². The van der Waals surface area contributed by atoms with Gasteiger partial charge >= 0.3 is 5.97 Å². The summed E-state index contributed by atoms with van der Waals surface area (Å²) < 4.78 is 4.67. The molecule has 0 fully saturated rings. The van der Waals surface area contributed by atoms with Gasteiger partial charge in [-0.2, -0.15) is 0 Å². The van der Waals surface area contributed by atoms with Crippen LogP contribution in [0.4, 0.5) is 17.1 Å². The highest BCUT2D eigenvalue weighted by Crippen LogP contribution is 2.30. The van der Waals surface area contributed by atoms with Crippen molar-refractivity contribution in [2.45, 2.75) is 0 Å². The number of rotatable bonds is 6. The molecule has 25 heavy (non-hydrogen) atoms. The average Bonchev–Trinajstić information content (AvgIpc) is 2.61. The Balaban J connectivity index is 2.45. The maximum absolute atomic E-state index is 11.9. The number of hydrogen-bond donors (Lipinski definition) is 1. The Hall–Kier alpha value is -3.75. The summed E-state index contributed by atoms with van der Waals surface area (Å²) >= 11 is 0. The van der Waals surface area contributed by atoms with Crippen molar-refractivity contribution in [3.63, 3.8) is 0 Å². The van der Waals surface area contributed by atoms with Crippen LogP contribution in [-0.2, 0) is 9.53 Å². The molecule has 0 saturated carbocycles. The molecule has 0 aliphatic heterocycles. The van der Waals surface area contributed by atoms with Crippen molar-refractivity contribution in [3.05, 3.63) is 80.0 Å². The van der Waals surface area contributed by atoms with Gasteiger partial charge in [0.1, 0.15) is 11.4 Å². The van der Waals surface area contributed by atoms with E-state index in [1.165, 1.54) is 13.2 Å². The summed E-state index contributed by atoms with van der Waals surface area (Å²) in [6.07, 6.45) is 1.46. The van der Waals surface area contributed by atoms with E-state index >= 15 is 0 Å². The Morgan fingerprint density at radius 3 is 2.32 bits per heavy atom. The molecule has 0 heterocycles. The lowest BCUT2D eigenvalue weighted by molar-refractivity contribution is -0.393. The van der Waals surface area contributed by atoms with Crippen LogP contribution in [0, 0.1) is 20.2 Å². The van der Waals surface area contributed by atoms with Gasteiger partial charge in [-0.1, -0.05) is 30.3 Å². The van der Waals surface area contributed by atoms with Crippen LogP contribution in [0.2, 0.25) is 0 Å². The van der Waals surface area contributed by atoms with E-state index in [0.29, 0.717) is 5.56 Å². The van der Waals surface area contributed by atoms with E-state index in [2.05, 4.69) is 10.1 Å². The monoisotopic (exact) mass is 343 g/mol. The smallest absolute Gasteiger partial charge is 0.354 e. The highest BCUT2D eigenvalue weighted by Gasteiger charge is 2.22. The number of esters is 1. The van der Waals surface area contributed by atoms with Crippen molar-refractivity contribution in [2.24, 2.45) is 0 Å². The molecule has 0 spiro atoms. The average molecular weight is 343 g/mol. The second-order valence-corrected chi connectivity index (χ2v) is 4.80. The lowest BCUT2D eigenvalue weighted by atomic mass is 10.2. The van der Waals surface area contributed by atoms with E-state index in [9.17, 15) is 25.0 Å². The Morgan fingerprint density at radius 1 is 1.08 bits per heavy atom. The second kappa shape index (κ2) is 7.68. The SMILES string of the molecule is COC(=O)C(=Cc1ccccc1)Nc1ccc([N+](=O)[O-])cc1[N+](=O)[O-]. The number of ether oxygens (including phenoxy) is 1. The summed E-state index contributed by atoms with van der Waals surface area (Å²) in [4.78, 5) is 32.4. The highest BCUT2D eigenvalue weighted by molar-refractivity contribution is 5.97. The zero-order valence-electron chi connectivity index (χ0n) is 13.0. The number of nitro groups is 2. The van der Waals surface area contributed by atoms with E-state index < -0.39 is 27.2 Å². The number of nitrogens with one attached hydrogen (secondary N) is 1. The molecular weight excluding hydrogens is 330 g/mol. The molecule has 0 amide bonds. The van der Waals surface area contributed by atoms with Crippen LogP contribution in [0.1, 0.15) is 5.56 Å². The fraction of sp³-hybridized carbons (Fsp3) is 0.0625. The van der Waals surface area contributed by atoms with Gasteiger partial charge in [-0.3, -0.25) is 20.2 Å². The fourth-order valence-corrected chi connectivity index (χ4v) is 2.01. The number of carbonyl (C=O) groups is 1. The number of benzene rings is 2. The summed E-state index contributed by atoms with van der Waals surface area (Å²) in [5.41, 5.74) is -0.408. The third kappa shape index (κ3) is 4.38. The zero-order valence-corrected chi connectivity index (χ0v) is 13.0. The van der Waals surface area contributed by atoms with Crippen LogP contribution in [0.5, 0.6) is 0 Å². The molecule has 1 N–H and O–H groups in total. The van der Waals surface area contributed by atoms with Crippen LogP contribution in [-0.4, -0.2) is 22.9 Å². The Morgan fingerprint density at radius 2 is 1.76 bits per heavy atom. The van der Waals surface area contributed by atoms with Crippen LogP contribution in [0.15, 0.2) is 54.2 Å². The number of anilines is 1. The van der Waals surface area contributed by atoms with Gasteiger partial charge in [0.2, 0.25) is 0 Å². The van der Waals surface area contributed by atoms with Crippen molar-refractivity contribution in [2.75, 3.05) is 12.4 Å². The molecule has 0 aromatic heterocycles. The van der Waals surface area contributed by atoms with Gasteiger partial charge in [0, 0.05) is 6.07 Å². The van der Waals surface area contributed by atoms with Gasteiger partial charge in [-0.25, -0.2) is 4.79 Å². The van der Waals surface area contributed by atoms with Crippen molar-refractivity contribution in [3.8, 4) is 0 Å². The molecule has 0 aliphatic rings. The Bertz CT molecular complexity index is 848. The number of methoxy groups -OCH3 is 1. The first-order valence-corrected chi connectivity index (χ1v) is 6.97. The molecule has 0 atom stereocenters. The molecule has 9 heteroatoms. The number of nitro benzene ring substituents is 2. The van der Waals surface area contributed by atoms with Gasteiger partial charge < -0.3 is 10.1 Å². The van der Waals surface area contributed by atoms with E-state index in [1.807, 2.05) is 0 Å². The second-order valence-electron chi connectivity index (χ2n) is 4.80. The maximum Gasteiger partial charge on any atom is 0.354 e. The third-order valence-electron chi connectivity index (χ3n) is 3.17. The quantitative estimate of drug-likeness (QED) is 0.370. The molecule has 0 bridgehead atoms. The Labute approximate surface area is 141 Å². The van der Waals surface area contributed by atoms with Gasteiger partial charge in [-0.15, -0.1) is 0 Å². The first kappa shape index (κ1) is 17.6. The van der Waals surface area contributed by atoms with E-state index in [-0.39, 0.29) is 11.4 Å². The number of nitrogens with zero attached hydrogens (tertiary/aromatic N) is 2. The normalized spacial score (nSPS) is 10.8. The minimum absolute atomic E-state index is 0.0503. The minimum atomic E-state index is -0.771. The molecule has 2 aromatic rings. The third-order valence-corrected chi connectivity index (χ3v) is 3.17. The number of non-ortho nitro benzene ring substituents is 1. The lowest BCUT2D eigenvalue weighted by Gasteiger charge is -2.10. The van der Waals surface area contributed by atoms with Crippen LogP contribution in [0.3, 0.4) is 0 Å². The van der Waals surface area contributed by atoms with E-state index in [0.717, 1.165) is 18.2 Å². The fourth-order valence-electron chi connectivity index (χ4n) is 2.01.